The highest BCUT2D eigenvalue weighted by Gasteiger charge is 2.69. The van der Waals surface area contributed by atoms with Gasteiger partial charge in [-0.2, -0.15) is 0 Å². The minimum Gasteiger partial charge on any atom is -0.462 e. The molecule has 0 aromatic carbocycles. The van der Waals surface area contributed by atoms with Crippen molar-refractivity contribution >= 4 is 23.5 Å². The van der Waals surface area contributed by atoms with Gasteiger partial charge < -0.3 is 14.6 Å². The van der Waals surface area contributed by atoms with Crippen LogP contribution in [0.2, 0.25) is 0 Å². The van der Waals surface area contributed by atoms with E-state index in [0.717, 1.165) is 50.5 Å². The van der Waals surface area contributed by atoms with Crippen molar-refractivity contribution in [2.75, 3.05) is 5.32 Å². The summed E-state index contributed by atoms with van der Waals surface area (Å²) < 4.78 is 11.2. The van der Waals surface area contributed by atoms with Gasteiger partial charge >= 0.3 is 5.97 Å². The minimum atomic E-state index is -0.817. The Bertz CT molecular complexity index is 1390. The van der Waals surface area contributed by atoms with E-state index in [-0.39, 0.29) is 63.7 Å². The number of amides is 1. The second-order valence-corrected chi connectivity index (χ2v) is 16.5. The zero-order valence-electron chi connectivity index (χ0n) is 27.8. The third-order valence-electron chi connectivity index (χ3n) is 13.9. The maximum absolute atomic E-state index is 14.2. The monoisotopic (exact) mass is 592 g/mol. The molecule has 7 heteroatoms. The van der Waals surface area contributed by atoms with Gasteiger partial charge in [0.05, 0.1) is 5.41 Å². The number of esters is 1. The first-order valence-electron chi connectivity index (χ1n) is 16.7. The molecule has 3 unspecified atom stereocenters. The van der Waals surface area contributed by atoms with Crippen molar-refractivity contribution in [3.05, 3.63) is 23.0 Å². The SMILES string of the molecule is CC(=O)O[C@H]1CC[C@@]2(C)C(CC[C@]3(C)C2CCC2=C4C(C(C)C)C(=O)C[C@]4(C(=O)Nc4cc(C)on4)CC[C@]23C)C1(C)C. The van der Waals surface area contributed by atoms with Gasteiger partial charge in [-0.3, -0.25) is 14.4 Å². The van der Waals surface area contributed by atoms with Gasteiger partial charge in [-0.15, -0.1) is 0 Å². The first-order valence-corrected chi connectivity index (χ1v) is 16.7. The maximum Gasteiger partial charge on any atom is 0.302 e. The number of anilines is 1. The van der Waals surface area contributed by atoms with Crippen molar-refractivity contribution < 1.29 is 23.6 Å². The summed E-state index contributed by atoms with van der Waals surface area (Å²) in [6.07, 6.45) is 8.04. The topological polar surface area (TPSA) is 98.5 Å². The number of nitrogens with one attached hydrogen (secondary N) is 1. The highest BCUT2D eigenvalue weighted by molar-refractivity contribution is 6.05. The van der Waals surface area contributed by atoms with Gasteiger partial charge in [0.2, 0.25) is 5.91 Å². The number of hydrogen-bond acceptors (Lipinski definition) is 6. The van der Waals surface area contributed by atoms with E-state index >= 15 is 0 Å². The Morgan fingerprint density at radius 2 is 1.74 bits per heavy atom. The largest absolute Gasteiger partial charge is 0.462 e. The second-order valence-electron chi connectivity index (χ2n) is 16.5. The Morgan fingerprint density at radius 1 is 1.02 bits per heavy atom. The van der Waals surface area contributed by atoms with E-state index in [2.05, 4.69) is 58.9 Å². The summed E-state index contributed by atoms with van der Waals surface area (Å²) in [6, 6.07) is 1.74. The lowest BCUT2D eigenvalue weighted by atomic mass is 9.34. The lowest BCUT2D eigenvalue weighted by molar-refractivity contribution is -0.213. The number of nitrogens with zero attached hydrogens (tertiary/aromatic N) is 1. The summed E-state index contributed by atoms with van der Waals surface area (Å²) in [5, 5.41) is 7.09. The smallest absolute Gasteiger partial charge is 0.302 e. The van der Waals surface area contributed by atoms with Crippen molar-refractivity contribution in [2.24, 2.45) is 50.7 Å². The molecule has 6 rings (SSSR count). The Balaban J connectivity index is 1.42. The highest BCUT2D eigenvalue weighted by atomic mass is 16.5. The molecule has 0 bridgehead atoms. The number of carbonyl (C=O) groups is 3. The molecule has 5 aliphatic rings. The molecule has 236 valence electrons. The molecule has 1 amide bonds. The van der Waals surface area contributed by atoms with Crippen molar-refractivity contribution in [2.45, 2.75) is 126 Å². The number of allylic oxidation sites excluding steroid dienone is 1. The van der Waals surface area contributed by atoms with E-state index in [4.69, 9.17) is 9.26 Å². The molecule has 0 spiro atoms. The van der Waals surface area contributed by atoms with Gasteiger partial charge in [0.25, 0.3) is 0 Å². The fourth-order valence-corrected chi connectivity index (χ4v) is 11.8. The molecule has 4 fully saturated rings. The summed E-state index contributed by atoms with van der Waals surface area (Å²) in [6.45, 7) is 19.8. The molecular formula is C36H52N2O5. The van der Waals surface area contributed by atoms with E-state index in [1.807, 2.05) is 6.92 Å². The maximum atomic E-state index is 14.2. The molecule has 4 saturated carbocycles. The predicted octanol–water partition coefficient (Wildman–Crippen LogP) is 7.83. The van der Waals surface area contributed by atoms with Gasteiger partial charge in [0.15, 0.2) is 5.82 Å². The van der Waals surface area contributed by atoms with Crippen LogP contribution in [-0.2, 0) is 19.1 Å². The summed E-state index contributed by atoms with van der Waals surface area (Å²) in [7, 11) is 0. The fourth-order valence-electron chi connectivity index (χ4n) is 11.8. The number of Topliss-reactive ketones (excluding diaryl/α,β-unsaturated/α-hetero) is 1. The summed E-state index contributed by atoms with van der Waals surface area (Å²) in [4.78, 5) is 40.1. The second kappa shape index (κ2) is 9.78. The van der Waals surface area contributed by atoms with Crippen LogP contribution in [0.5, 0.6) is 0 Å². The van der Waals surface area contributed by atoms with Crippen molar-refractivity contribution in [1.29, 1.82) is 0 Å². The fraction of sp³-hybridized carbons (Fsp3) is 0.778. The molecule has 43 heavy (non-hydrogen) atoms. The van der Waals surface area contributed by atoms with Crippen LogP contribution in [0.4, 0.5) is 5.82 Å². The Kier molecular flexibility index (Phi) is 6.95. The van der Waals surface area contributed by atoms with E-state index in [9.17, 15) is 14.4 Å². The molecule has 5 aliphatic carbocycles. The van der Waals surface area contributed by atoms with Crippen LogP contribution in [-0.4, -0.2) is 28.9 Å². The molecule has 1 N–H and O–H groups in total. The lowest BCUT2D eigenvalue weighted by Crippen LogP contribution is -2.64. The van der Waals surface area contributed by atoms with E-state index in [0.29, 0.717) is 29.8 Å². The molecular weight excluding hydrogens is 540 g/mol. The molecule has 0 radical (unpaired) electrons. The molecule has 1 aromatic heterocycles. The van der Waals surface area contributed by atoms with Crippen LogP contribution < -0.4 is 5.32 Å². The molecule has 7 nitrogen and oxygen atoms in total. The zero-order chi connectivity index (χ0) is 31.3. The first kappa shape index (κ1) is 30.6. The van der Waals surface area contributed by atoms with Crippen molar-refractivity contribution in [1.82, 2.24) is 5.16 Å². The van der Waals surface area contributed by atoms with Crippen LogP contribution in [0.1, 0.15) is 119 Å². The first-order chi connectivity index (χ1) is 20.0. The van der Waals surface area contributed by atoms with Gasteiger partial charge in [0, 0.05) is 30.7 Å². The third kappa shape index (κ3) is 4.11. The summed E-state index contributed by atoms with van der Waals surface area (Å²) in [5.41, 5.74) is 1.77. The summed E-state index contributed by atoms with van der Waals surface area (Å²) in [5.74, 6) is 1.92. The number of aromatic nitrogens is 1. The standard InChI is InChI=1S/C36H52N2O5/c1-20(2)29-24(40)19-36(31(41)37-28-18-21(3)43-38-28)17-16-34(8)23(30(29)36)10-11-26-33(7)14-13-27(42-22(4)39)32(5,6)25(33)12-15-35(26,34)9/h18,20,25-27,29H,10-17,19H2,1-9H3,(H,37,38,41)/t25?,26?,27-,29?,33-,34+,35+,36+/m0/s1. The van der Waals surface area contributed by atoms with E-state index in [1.165, 1.54) is 12.5 Å². The number of ketones is 1. The summed E-state index contributed by atoms with van der Waals surface area (Å²) >= 11 is 0. The van der Waals surface area contributed by atoms with Crippen molar-refractivity contribution in [3.63, 3.8) is 0 Å². The third-order valence-corrected chi connectivity index (χ3v) is 13.9. The van der Waals surface area contributed by atoms with Gasteiger partial charge in [-0.05, 0) is 97.9 Å². The number of carbonyl (C=O) groups excluding carboxylic acids is 3. The predicted molar refractivity (Wildman–Crippen MR) is 165 cm³/mol. The number of aryl methyl sites for hydroxylation is 1. The Hall–Kier alpha value is -2.44. The van der Waals surface area contributed by atoms with E-state index < -0.39 is 5.41 Å². The normalized spacial score (nSPS) is 41.7. The average Bonchev–Trinajstić information content (AvgIpc) is 3.46. The molecule has 0 aliphatic heterocycles. The Morgan fingerprint density at radius 3 is 2.37 bits per heavy atom. The van der Waals surface area contributed by atoms with Crippen LogP contribution >= 0.6 is 0 Å². The highest BCUT2D eigenvalue weighted by Crippen LogP contribution is 2.76. The average molecular weight is 593 g/mol. The molecule has 1 heterocycles. The number of hydrogen-bond donors (Lipinski definition) is 1. The van der Waals surface area contributed by atoms with Crippen LogP contribution in [0.3, 0.4) is 0 Å². The number of rotatable bonds is 4. The molecule has 1 aromatic rings. The van der Waals surface area contributed by atoms with Crippen LogP contribution in [0.15, 0.2) is 21.7 Å². The van der Waals surface area contributed by atoms with Crippen molar-refractivity contribution in [3.8, 4) is 0 Å². The van der Waals surface area contributed by atoms with E-state index in [1.54, 1.807) is 6.07 Å². The number of fused-ring (bicyclic) bond motifs is 6. The zero-order valence-corrected chi connectivity index (χ0v) is 27.8. The quantitative estimate of drug-likeness (QED) is 0.283. The number of ether oxygens (including phenoxy) is 1. The Labute approximate surface area is 257 Å². The van der Waals surface area contributed by atoms with Crippen LogP contribution in [0, 0.1) is 57.7 Å². The van der Waals surface area contributed by atoms with Gasteiger partial charge in [-0.1, -0.05) is 59.2 Å². The lowest BCUT2D eigenvalue weighted by Gasteiger charge is -2.70. The molecule has 0 saturated heterocycles. The van der Waals surface area contributed by atoms with Crippen LogP contribution in [0.25, 0.3) is 0 Å². The van der Waals surface area contributed by atoms with Gasteiger partial charge in [0.1, 0.15) is 17.6 Å². The minimum absolute atomic E-state index is 0.0390. The molecule has 8 atom stereocenters. The van der Waals surface area contributed by atoms with Gasteiger partial charge in [-0.25, -0.2) is 0 Å².